The van der Waals surface area contributed by atoms with E-state index in [2.05, 4.69) is 4.72 Å². The van der Waals surface area contributed by atoms with Gasteiger partial charge in [0.25, 0.3) is 10.0 Å². The van der Waals surface area contributed by atoms with Crippen LogP contribution in [0.2, 0.25) is 10.0 Å². The van der Waals surface area contributed by atoms with Crippen molar-refractivity contribution in [2.45, 2.75) is 10.8 Å². The van der Waals surface area contributed by atoms with Gasteiger partial charge in [0.05, 0.1) is 15.7 Å². The standard InChI is InChI=1S/C11H10Cl2N2O2S2/c12-9-3-1-7(5-10(9)13)15-19(16,17)11-4-2-8(6-14)18-11/h1-5,15H,6,14H2. The SMILES string of the molecule is NCc1ccc(S(=O)(=O)Nc2ccc(Cl)c(Cl)c2)s1. The molecule has 0 aliphatic carbocycles. The average Bonchev–Trinajstić information content (AvgIpc) is 2.83. The van der Waals surface area contributed by atoms with Crippen LogP contribution in [0.1, 0.15) is 4.88 Å². The number of nitrogens with one attached hydrogen (secondary N) is 1. The molecule has 3 N–H and O–H groups in total. The third-order valence-electron chi connectivity index (χ3n) is 2.27. The Morgan fingerprint density at radius 1 is 1.16 bits per heavy atom. The van der Waals surface area contributed by atoms with Crippen molar-refractivity contribution in [2.75, 3.05) is 4.72 Å². The molecule has 0 aliphatic rings. The number of rotatable bonds is 4. The Balaban J connectivity index is 2.28. The highest BCUT2D eigenvalue weighted by Crippen LogP contribution is 2.28. The molecule has 0 spiro atoms. The van der Waals surface area contributed by atoms with Gasteiger partial charge in [0.15, 0.2) is 0 Å². The molecular weight excluding hydrogens is 327 g/mol. The summed E-state index contributed by atoms with van der Waals surface area (Å²) in [4.78, 5) is 0.800. The molecule has 0 radical (unpaired) electrons. The van der Waals surface area contributed by atoms with Crippen LogP contribution in [0.5, 0.6) is 0 Å². The van der Waals surface area contributed by atoms with Crippen LogP contribution < -0.4 is 10.5 Å². The van der Waals surface area contributed by atoms with Crippen molar-refractivity contribution in [3.63, 3.8) is 0 Å². The molecule has 4 nitrogen and oxygen atoms in total. The third kappa shape index (κ3) is 3.40. The zero-order chi connectivity index (χ0) is 14.0. The van der Waals surface area contributed by atoms with Crippen molar-refractivity contribution >= 4 is 50.2 Å². The Bertz CT molecular complexity index is 698. The molecule has 1 aromatic carbocycles. The van der Waals surface area contributed by atoms with E-state index in [4.69, 9.17) is 28.9 Å². The van der Waals surface area contributed by atoms with Gasteiger partial charge in [-0.1, -0.05) is 23.2 Å². The Labute approximate surface area is 125 Å². The molecule has 0 saturated carbocycles. The van der Waals surface area contributed by atoms with Crippen LogP contribution in [-0.2, 0) is 16.6 Å². The van der Waals surface area contributed by atoms with Crippen molar-refractivity contribution in [3.05, 3.63) is 45.3 Å². The molecule has 2 aromatic rings. The minimum absolute atomic E-state index is 0.207. The van der Waals surface area contributed by atoms with Crippen molar-refractivity contribution < 1.29 is 8.42 Å². The molecule has 0 amide bonds. The van der Waals surface area contributed by atoms with Crippen LogP contribution in [0, 0.1) is 0 Å². The second-order valence-corrected chi connectivity index (χ2v) is 7.55. The van der Waals surface area contributed by atoms with Crippen molar-refractivity contribution in [1.82, 2.24) is 0 Å². The summed E-state index contributed by atoms with van der Waals surface area (Å²) in [5.74, 6) is 0. The van der Waals surface area contributed by atoms with E-state index in [-0.39, 0.29) is 9.23 Å². The van der Waals surface area contributed by atoms with Crippen LogP contribution in [0.3, 0.4) is 0 Å². The normalized spacial score (nSPS) is 11.5. The maximum atomic E-state index is 12.1. The van der Waals surface area contributed by atoms with Crippen LogP contribution >= 0.6 is 34.5 Å². The lowest BCUT2D eigenvalue weighted by atomic mass is 10.3. The zero-order valence-corrected chi connectivity index (χ0v) is 12.7. The van der Waals surface area contributed by atoms with Gasteiger partial charge in [-0.25, -0.2) is 8.42 Å². The minimum atomic E-state index is -3.62. The first-order valence-corrected chi connectivity index (χ1v) is 8.24. The topological polar surface area (TPSA) is 72.2 Å². The lowest BCUT2D eigenvalue weighted by Gasteiger charge is -2.07. The number of sulfonamides is 1. The smallest absolute Gasteiger partial charge is 0.271 e. The van der Waals surface area contributed by atoms with E-state index in [1.807, 2.05) is 0 Å². The van der Waals surface area contributed by atoms with Crippen molar-refractivity contribution in [2.24, 2.45) is 5.73 Å². The molecule has 0 aliphatic heterocycles. The summed E-state index contributed by atoms with van der Waals surface area (Å²) in [7, 11) is -3.62. The van der Waals surface area contributed by atoms with Gasteiger partial charge in [0, 0.05) is 11.4 Å². The summed E-state index contributed by atoms with van der Waals surface area (Å²) in [5.41, 5.74) is 5.82. The van der Waals surface area contributed by atoms with Crippen LogP contribution in [-0.4, -0.2) is 8.42 Å². The zero-order valence-electron chi connectivity index (χ0n) is 9.56. The largest absolute Gasteiger partial charge is 0.326 e. The molecule has 0 fully saturated rings. The van der Waals surface area contributed by atoms with E-state index in [9.17, 15) is 8.42 Å². The molecule has 102 valence electrons. The van der Waals surface area contributed by atoms with Gasteiger partial charge in [0.1, 0.15) is 4.21 Å². The molecule has 19 heavy (non-hydrogen) atoms. The van der Waals surface area contributed by atoms with Gasteiger partial charge < -0.3 is 5.73 Å². The molecule has 0 atom stereocenters. The molecule has 0 bridgehead atoms. The Morgan fingerprint density at radius 2 is 1.89 bits per heavy atom. The van der Waals surface area contributed by atoms with E-state index in [0.29, 0.717) is 17.3 Å². The Morgan fingerprint density at radius 3 is 2.47 bits per heavy atom. The molecule has 0 unspecified atom stereocenters. The number of hydrogen-bond acceptors (Lipinski definition) is 4. The maximum absolute atomic E-state index is 12.1. The lowest BCUT2D eigenvalue weighted by Crippen LogP contribution is -2.11. The first-order chi connectivity index (χ1) is 8.92. The summed E-state index contributed by atoms with van der Waals surface area (Å²) < 4.78 is 26.9. The van der Waals surface area contributed by atoms with E-state index in [1.54, 1.807) is 12.1 Å². The molecular formula is C11H10Cl2N2O2S2. The monoisotopic (exact) mass is 336 g/mol. The van der Waals surface area contributed by atoms with E-state index >= 15 is 0 Å². The predicted octanol–water partition coefficient (Wildman–Crippen LogP) is 3.31. The van der Waals surface area contributed by atoms with Crippen molar-refractivity contribution in [1.29, 1.82) is 0 Å². The maximum Gasteiger partial charge on any atom is 0.271 e. The highest BCUT2D eigenvalue weighted by molar-refractivity contribution is 7.94. The van der Waals surface area contributed by atoms with Crippen LogP contribution in [0.4, 0.5) is 5.69 Å². The molecule has 1 aromatic heterocycles. The molecule has 8 heteroatoms. The average molecular weight is 337 g/mol. The van der Waals surface area contributed by atoms with E-state index < -0.39 is 10.0 Å². The fourth-order valence-corrected chi connectivity index (χ4v) is 3.96. The number of thiophene rings is 1. The molecule has 1 heterocycles. The summed E-state index contributed by atoms with van der Waals surface area (Å²) in [6.07, 6.45) is 0. The summed E-state index contributed by atoms with van der Waals surface area (Å²) in [5, 5.41) is 0.654. The van der Waals surface area contributed by atoms with Gasteiger partial charge in [-0.15, -0.1) is 11.3 Å². The second kappa shape index (κ2) is 5.68. The Kier molecular flexibility index (Phi) is 4.37. The number of hydrogen-bond donors (Lipinski definition) is 2. The quantitative estimate of drug-likeness (QED) is 0.899. The van der Waals surface area contributed by atoms with Gasteiger partial charge >= 0.3 is 0 Å². The predicted molar refractivity (Wildman–Crippen MR) is 79.5 cm³/mol. The molecule has 0 saturated heterocycles. The third-order valence-corrected chi connectivity index (χ3v) is 5.99. The summed E-state index contributed by atoms with van der Waals surface area (Å²) in [6.45, 7) is 0.312. The number of anilines is 1. The number of nitrogens with two attached hydrogens (primary N) is 1. The van der Waals surface area contributed by atoms with Gasteiger partial charge in [0.2, 0.25) is 0 Å². The van der Waals surface area contributed by atoms with E-state index in [1.165, 1.54) is 18.2 Å². The highest BCUT2D eigenvalue weighted by atomic mass is 35.5. The summed E-state index contributed by atoms with van der Waals surface area (Å²) in [6, 6.07) is 7.74. The second-order valence-electron chi connectivity index (χ2n) is 3.66. The highest BCUT2D eigenvalue weighted by Gasteiger charge is 2.17. The first kappa shape index (κ1) is 14.6. The minimum Gasteiger partial charge on any atom is -0.326 e. The molecule has 2 rings (SSSR count). The Hall–Kier alpha value is -0.790. The van der Waals surface area contributed by atoms with E-state index in [0.717, 1.165) is 16.2 Å². The van der Waals surface area contributed by atoms with Gasteiger partial charge in [-0.3, -0.25) is 4.72 Å². The van der Waals surface area contributed by atoms with Crippen LogP contribution in [0.25, 0.3) is 0 Å². The van der Waals surface area contributed by atoms with Gasteiger partial charge in [-0.05, 0) is 30.3 Å². The first-order valence-electron chi connectivity index (χ1n) is 5.19. The fourth-order valence-electron chi connectivity index (χ4n) is 1.38. The summed E-state index contributed by atoms with van der Waals surface area (Å²) >= 11 is 12.7. The number of benzene rings is 1. The van der Waals surface area contributed by atoms with Crippen LogP contribution in [0.15, 0.2) is 34.5 Å². The van der Waals surface area contributed by atoms with Gasteiger partial charge in [-0.2, -0.15) is 0 Å². The fraction of sp³-hybridized carbons (Fsp3) is 0.0909. The lowest BCUT2D eigenvalue weighted by molar-refractivity contribution is 0.603. The van der Waals surface area contributed by atoms with Crippen molar-refractivity contribution in [3.8, 4) is 0 Å². The number of halogens is 2.